The van der Waals surface area contributed by atoms with Gasteiger partial charge in [0.1, 0.15) is 0 Å². The molecule has 0 aliphatic heterocycles. The van der Waals surface area contributed by atoms with Crippen LogP contribution in [0.3, 0.4) is 0 Å². The lowest BCUT2D eigenvalue weighted by molar-refractivity contribution is 1.25. The maximum absolute atomic E-state index is 5.79. The highest BCUT2D eigenvalue weighted by Gasteiger charge is 2.00. The molecule has 2 rings (SSSR count). The Labute approximate surface area is 112 Å². The third kappa shape index (κ3) is 3.08. The van der Waals surface area contributed by atoms with Gasteiger partial charge in [-0.05, 0) is 42.3 Å². The van der Waals surface area contributed by atoms with E-state index < -0.39 is 0 Å². The van der Waals surface area contributed by atoms with E-state index in [2.05, 4.69) is 30.8 Å². The molecule has 0 aliphatic rings. The van der Waals surface area contributed by atoms with Crippen molar-refractivity contribution in [2.24, 2.45) is 0 Å². The van der Waals surface area contributed by atoms with Crippen LogP contribution in [-0.4, -0.2) is 0 Å². The van der Waals surface area contributed by atoms with Crippen molar-refractivity contribution in [3.63, 3.8) is 0 Å². The number of hydrogen-bond acceptors (Lipinski definition) is 3. The van der Waals surface area contributed by atoms with Crippen molar-refractivity contribution in [3.05, 3.63) is 60.7 Å². The maximum Gasteiger partial charge on any atom is 0.0559 e. The monoisotopic (exact) mass is 256 g/mol. The number of anilines is 2. The second-order valence-electron chi connectivity index (χ2n) is 4.03. The fourth-order valence-corrected chi connectivity index (χ4v) is 2.48. The molecule has 0 saturated heterocycles. The third-order valence-corrected chi connectivity index (χ3v) is 3.59. The van der Waals surface area contributed by atoms with Crippen LogP contribution in [0.15, 0.2) is 64.9 Å². The Hall–Kier alpha value is -1.87. The number of hydrogen-bond donors (Lipinski definition) is 2. The molecular formula is C15H16N2S. The van der Waals surface area contributed by atoms with Gasteiger partial charge in [-0.25, -0.2) is 0 Å². The van der Waals surface area contributed by atoms with Crippen LogP contribution in [0.1, 0.15) is 5.56 Å². The van der Waals surface area contributed by atoms with E-state index in [0.717, 1.165) is 11.3 Å². The molecule has 0 heterocycles. The van der Waals surface area contributed by atoms with E-state index in [1.165, 1.54) is 10.5 Å². The van der Waals surface area contributed by atoms with E-state index in [4.69, 9.17) is 11.5 Å². The van der Waals surface area contributed by atoms with Crippen LogP contribution in [0.4, 0.5) is 11.4 Å². The zero-order chi connectivity index (χ0) is 13.0. The Morgan fingerprint density at radius 3 is 2.22 bits per heavy atom. The van der Waals surface area contributed by atoms with Crippen LogP contribution in [0.2, 0.25) is 0 Å². The minimum absolute atomic E-state index is 0.626. The number of rotatable bonds is 4. The smallest absolute Gasteiger partial charge is 0.0559 e. The average molecular weight is 256 g/mol. The lowest BCUT2D eigenvalue weighted by atomic mass is 10.2. The molecule has 92 valence electrons. The van der Waals surface area contributed by atoms with Crippen molar-refractivity contribution >= 4 is 23.1 Å². The zero-order valence-corrected chi connectivity index (χ0v) is 10.9. The van der Waals surface area contributed by atoms with Gasteiger partial charge in [0.25, 0.3) is 0 Å². The van der Waals surface area contributed by atoms with Gasteiger partial charge in [-0.3, -0.25) is 0 Å². The second kappa shape index (κ2) is 5.65. The largest absolute Gasteiger partial charge is 0.397 e. The van der Waals surface area contributed by atoms with E-state index in [0.29, 0.717) is 11.4 Å². The molecule has 0 aromatic heterocycles. The maximum atomic E-state index is 5.79. The van der Waals surface area contributed by atoms with Gasteiger partial charge < -0.3 is 11.5 Å². The molecule has 2 aromatic rings. The van der Waals surface area contributed by atoms with Gasteiger partial charge >= 0.3 is 0 Å². The zero-order valence-electron chi connectivity index (χ0n) is 10.1. The van der Waals surface area contributed by atoms with E-state index in [-0.39, 0.29) is 0 Å². The van der Waals surface area contributed by atoms with Crippen LogP contribution < -0.4 is 11.5 Å². The molecule has 3 heteroatoms. The molecule has 0 aliphatic carbocycles. The van der Waals surface area contributed by atoms with Crippen molar-refractivity contribution < 1.29 is 0 Å². The Kier molecular flexibility index (Phi) is 3.95. The van der Waals surface area contributed by atoms with E-state index in [1.54, 1.807) is 11.8 Å². The van der Waals surface area contributed by atoms with Crippen molar-refractivity contribution in [3.8, 4) is 0 Å². The molecule has 4 N–H and O–H groups in total. The molecule has 0 saturated carbocycles. The SMILES string of the molecule is C=CCc1ccc(Sc2ccc(N)c(N)c2)cc1. The molecule has 0 atom stereocenters. The summed E-state index contributed by atoms with van der Waals surface area (Å²) in [7, 11) is 0. The molecule has 18 heavy (non-hydrogen) atoms. The molecule has 0 radical (unpaired) electrons. The van der Waals surface area contributed by atoms with Crippen LogP contribution >= 0.6 is 11.8 Å². The molecule has 2 nitrogen and oxygen atoms in total. The highest BCUT2D eigenvalue weighted by atomic mass is 32.2. The lowest BCUT2D eigenvalue weighted by Gasteiger charge is -2.05. The Bertz CT molecular complexity index is 547. The fourth-order valence-electron chi connectivity index (χ4n) is 1.61. The van der Waals surface area contributed by atoms with Gasteiger partial charge in [0.15, 0.2) is 0 Å². The van der Waals surface area contributed by atoms with Crippen molar-refractivity contribution in [1.82, 2.24) is 0 Å². The summed E-state index contributed by atoms with van der Waals surface area (Å²) < 4.78 is 0. The van der Waals surface area contributed by atoms with Crippen LogP contribution in [0.5, 0.6) is 0 Å². The van der Waals surface area contributed by atoms with Gasteiger partial charge in [-0.2, -0.15) is 0 Å². The van der Waals surface area contributed by atoms with Gasteiger partial charge in [-0.1, -0.05) is 30.0 Å². The van der Waals surface area contributed by atoms with Gasteiger partial charge in [0, 0.05) is 9.79 Å². The quantitative estimate of drug-likeness (QED) is 0.647. The summed E-state index contributed by atoms with van der Waals surface area (Å²) in [6.45, 7) is 3.73. The number of allylic oxidation sites excluding steroid dienone is 1. The standard InChI is InChI=1S/C15H16N2S/c1-2-3-11-4-6-12(7-5-11)18-13-8-9-14(16)15(17)10-13/h2,4-10H,1,3,16-17H2. The first-order valence-corrected chi connectivity index (χ1v) is 6.53. The molecule has 0 spiro atoms. The second-order valence-corrected chi connectivity index (χ2v) is 5.18. The summed E-state index contributed by atoms with van der Waals surface area (Å²) in [5.41, 5.74) is 14.0. The Balaban J connectivity index is 2.13. The Morgan fingerprint density at radius 1 is 0.944 bits per heavy atom. The molecule has 0 bridgehead atoms. The third-order valence-electron chi connectivity index (χ3n) is 2.60. The van der Waals surface area contributed by atoms with E-state index >= 15 is 0 Å². The minimum atomic E-state index is 0.626. The van der Waals surface area contributed by atoms with Crippen LogP contribution in [0, 0.1) is 0 Å². The van der Waals surface area contributed by atoms with Crippen molar-refractivity contribution in [2.45, 2.75) is 16.2 Å². The van der Waals surface area contributed by atoms with Gasteiger partial charge in [-0.15, -0.1) is 6.58 Å². The summed E-state index contributed by atoms with van der Waals surface area (Å²) in [5, 5.41) is 0. The van der Waals surface area contributed by atoms with E-state index in [1.807, 2.05) is 24.3 Å². The summed E-state index contributed by atoms with van der Waals surface area (Å²) in [6, 6.07) is 14.2. The minimum Gasteiger partial charge on any atom is -0.397 e. The molecule has 0 unspecified atom stereocenters. The fraction of sp³-hybridized carbons (Fsp3) is 0.0667. The molecular weight excluding hydrogens is 240 g/mol. The van der Waals surface area contributed by atoms with Crippen molar-refractivity contribution in [2.75, 3.05) is 11.5 Å². The van der Waals surface area contributed by atoms with Gasteiger partial charge in [0.05, 0.1) is 11.4 Å². The highest BCUT2D eigenvalue weighted by Crippen LogP contribution is 2.30. The first-order chi connectivity index (χ1) is 8.69. The first kappa shape index (κ1) is 12.6. The topological polar surface area (TPSA) is 52.0 Å². The molecule has 0 fully saturated rings. The molecule has 0 amide bonds. The summed E-state index contributed by atoms with van der Waals surface area (Å²) in [5.74, 6) is 0. The number of nitrogen functional groups attached to an aromatic ring is 2. The van der Waals surface area contributed by atoms with Crippen LogP contribution in [-0.2, 0) is 6.42 Å². The van der Waals surface area contributed by atoms with Gasteiger partial charge in [0.2, 0.25) is 0 Å². The average Bonchev–Trinajstić information content (AvgIpc) is 2.37. The van der Waals surface area contributed by atoms with E-state index in [9.17, 15) is 0 Å². The predicted octanol–water partition coefficient (Wildman–Crippen LogP) is 3.73. The summed E-state index contributed by atoms with van der Waals surface area (Å²) >= 11 is 1.68. The molecule has 2 aromatic carbocycles. The predicted molar refractivity (Wildman–Crippen MR) is 79.7 cm³/mol. The van der Waals surface area contributed by atoms with Crippen molar-refractivity contribution in [1.29, 1.82) is 0 Å². The first-order valence-electron chi connectivity index (χ1n) is 5.72. The Morgan fingerprint density at radius 2 is 1.61 bits per heavy atom. The summed E-state index contributed by atoms with van der Waals surface area (Å²) in [6.07, 6.45) is 2.81. The highest BCUT2D eigenvalue weighted by molar-refractivity contribution is 7.99. The number of benzene rings is 2. The van der Waals surface area contributed by atoms with Crippen LogP contribution in [0.25, 0.3) is 0 Å². The lowest BCUT2D eigenvalue weighted by Crippen LogP contribution is -1.93. The number of nitrogens with two attached hydrogens (primary N) is 2. The summed E-state index contributed by atoms with van der Waals surface area (Å²) in [4.78, 5) is 2.28. The normalized spacial score (nSPS) is 10.2.